The topological polar surface area (TPSA) is 132 Å². The lowest BCUT2D eigenvalue weighted by atomic mass is 10.1. The molecule has 1 fully saturated rings. The van der Waals surface area contributed by atoms with Gasteiger partial charge in [-0.15, -0.1) is 0 Å². The molecule has 196 valence electrons. The quantitative estimate of drug-likeness (QED) is 0.225. The Bertz CT molecular complexity index is 1470. The van der Waals surface area contributed by atoms with Gasteiger partial charge < -0.3 is 30.0 Å². The van der Waals surface area contributed by atoms with Crippen LogP contribution in [0.3, 0.4) is 0 Å². The van der Waals surface area contributed by atoms with Gasteiger partial charge in [0.25, 0.3) is 22.7 Å². The standard InChI is InChI=1S/C28H28N4O6/c1-3-5-8-18(4-2)17-29-22-23(26(35)25(22)34)30-20-10-6-9-19(24(20)33)27(36)31-12-14-32(15-13-31)28(37)21-11-7-16-38-21/h3-11,16,29-30,33H,2,12-15,17H2,1H3/b5-3-,18-8+. The Hall–Kier alpha value is -4.86. The van der Waals surface area contributed by atoms with Gasteiger partial charge in [0.1, 0.15) is 11.4 Å². The van der Waals surface area contributed by atoms with Crippen LogP contribution < -0.4 is 21.5 Å². The van der Waals surface area contributed by atoms with Gasteiger partial charge in [-0.25, -0.2) is 0 Å². The highest BCUT2D eigenvalue weighted by molar-refractivity contribution is 5.99. The van der Waals surface area contributed by atoms with Gasteiger partial charge in [-0.2, -0.15) is 0 Å². The number of amides is 2. The highest BCUT2D eigenvalue weighted by Crippen LogP contribution is 2.32. The fraction of sp³-hybridized carbons (Fsp3) is 0.214. The number of hydrogen-bond donors (Lipinski definition) is 3. The van der Waals surface area contributed by atoms with E-state index in [4.69, 9.17) is 4.42 Å². The highest BCUT2D eigenvalue weighted by Gasteiger charge is 2.29. The molecule has 0 radical (unpaired) electrons. The summed E-state index contributed by atoms with van der Waals surface area (Å²) in [7, 11) is 0. The molecule has 1 aliphatic rings. The van der Waals surface area contributed by atoms with E-state index in [0.717, 1.165) is 5.57 Å². The molecule has 0 aliphatic carbocycles. The number of phenolic OH excluding ortho intramolecular Hbond substituents is 1. The first kappa shape index (κ1) is 26.2. The predicted octanol–water partition coefficient (Wildman–Crippen LogP) is 3.02. The average Bonchev–Trinajstić information content (AvgIpc) is 3.49. The van der Waals surface area contributed by atoms with Crippen molar-refractivity contribution in [2.24, 2.45) is 0 Å². The van der Waals surface area contributed by atoms with Crippen LogP contribution in [0.4, 0.5) is 17.1 Å². The Labute approximate surface area is 218 Å². The van der Waals surface area contributed by atoms with Crippen LogP contribution in [0.25, 0.3) is 0 Å². The molecule has 2 amide bonds. The van der Waals surface area contributed by atoms with Crippen molar-refractivity contribution in [2.45, 2.75) is 6.92 Å². The molecule has 10 heteroatoms. The van der Waals surface area contributed by atoms with Crippen molar-refractivity contribution in [3.63, 3.8) is 0 Å². The van der Waals surface area contributed by atoms with E-state index in [1.54, 1.807) is 34.1 Å². The first-order valence-electron chi connectivity index (χ1n) is 12.1. The third-order valence-electron chi connectivity index (χ3n) is 6.26. The molecule has 0 bridgehead atoms. The number of phenols is 1. The minimum Gasteiger partial charge on any atom is -0.505 e. The number of rotatable bonds is 9. The number of para-hydroxylation sites is 1. The van der Waals surface area contributed by atoms with Crippen molar-refractivity contribution in [3.05, 3.63) is 105 Å². The van der Waals surface area contributed by atoms with Crippen molar-refractivity contribution in [1.82, 2.24) is 9.80 Å². The predicted molar refractivity (Wildman–Crippen MR) is 145 cm³/mol. The number of anilines is 3. The third-order valence-corrected chi connectivity index (χ3v) is 6.26. The maximum absolute atomic E-state index is 13.2. The summed E-state index contributed by atoms with van der Waals surface area (Å²) in [5, 5.41) is 16.6. The molecule has 3 aromatic rings. The van der Waals surface area contributed by atoms with Crippen LogP contribution in [0.1, 0.15) is 27.8 Å². The largest absolute Gasteiger partial charge is 0.505 e. The number of allylic oxidation sites excluding steroid dienone is 3. The first-order chi connectivity index (χ1) is 18.3. The number of piperazine rings is 1. The van der Waals surface area contributed by atoms with Crippen LogP contribution in [0, 0.1) is 0 Å². The minimum atomic E-state index is -0.724. The molecule has 1 saturated heterocycles. The van der Waals surface area contributed by atoms with Gasteiger partial charge in [0.05, 0.1) is 17.5 Å². The van der Waals surface area contributed by atoms with Gasteiger partial charge in [-0.05, 0) is 36.8 Å². The molecular weight excluding hydrogens is 488 g/mol. The van der Waals surface area contributed by atoms with Gasteiger partial charge in [0.2, 0.25) is 0 Å². The fourth-order valence-corrected chi connectivity index (χ4v) is 4.08. The highest BCUT2D eigenvalue weighted by atomic mass is 16.3. The first-order valence-corrected chi connectivity index (χ1v) is 12.1. The van der Waals surface area contributed by atoms with Gasteiger partial charge in [0, 0.05) is 32.7 Å². The maximum Gasteiger partial charge on any atom is 0.289 e. The Morgan fingerprint density at radius 3 is 2.34 bits per heavy atom. The third kappa shape index (κ3) is 5.29. The van der Waals surface area contributed by atoms with E-state index in [1.807, 2.05) is 25.2 Å². The molecule has 0 spiro atoms. The van der Waals surface area contributed by atoms with E-state index in [2.05, 4.69) is 17.2 Å². The van der Waals surface area contributed by atoms with Crippen LogP contribution in [0.2, 0.25) is 0 Å². The molecule has 38 heavy (non-hydrogen) atoms. The van der Waals surface area contributed by atoms with Gasteiger partial charge >= 0.3 is 0 Å². The monoisotopic (exact) mass is 516 g/mol. The molecule has 0 saturated carbocycles. The molecule has 3 N–H and O–H groups in total. The van der Waals surface area contributed by atoms with Gasteiger partial charge in [-0.3, -0.25) is 19.2 Å². The molecule has 4 rings (SSSR count). The van der Waals surface area contributed by atoms with E-state index in [-0.39, 0.29) is 59.7 Å². The van der Waals surface area contributed by atoms with Gasteiger partial charge in [0.15, 0.2) is 11.5 Å². The molecular formula is C28H28N4O6. The molecule has 10 nitrogen and oxygen atoms in total. The van der Waals surface area contributed by atoms with Crippen LogP contribution >= 0.6 is 0 Å². The number of aromatic hydroxyl groups is 1. The van der Waals surface area contributed by atoms with E-state index < -0.39 is 16.8 Å². The van der Waals surface area contributed by atoms with Crippen LogP contribution in [-0.4, -0.2) is 59.4 Å². The lowest BCUT2D eigenvalue weighted by molar-refractivity contribution is 0.0516. The summed E-state index contributed by atoms with van der Waals surface area (Å²) in [6.07, 6.45) is 8.58. The second-order valence-electron chi connectivity index (χ2n) is 8.62. The zero-order valence-corrected chi connectivity index (χ0v) is 20.9. The summed E-state index contributed by atoms with van der Waals surface area (Å²) >= 11 is 0. The zero-order chi connectivity index (χ0) is 27.2. The van der Waals surface area contributed by atoms with Crippen molar-refractivity contribution in [2.75, 3.05) is 43.4 Å². The number of carbonyl (C=O) groups is 2. The fourth-order valence-electron chi connectivity index (χ4n) is 4.08. The van der Waals surface area contributed by atoms with Crippen molar-refractivity contribution < 1.29 is 19.1 Å². The van der Waals surface area contributed by atoms with E-state index >= 15 is 0 Å². The second-order valence-corrected chi connectivity index (χ2v) is 8.62. The van der Waals surface area contributed by atoms with E-state index in [9.17, 15) is 24.3 Å². The minimum absolute atomic E-state index is 0.00870. The summed E-state index contributed by atoms with van der Waals surface area (Å²) in [4.78, 5) is 53.2. The van der Waals surface area contributed by atoms with Crippen molar-refractivity contribution >= 4 is 28.9 Å². The Kier molecular flexibility index (Phi) is 7.91. The molecule has 0 atom stereocenters. The molecule has 2 heterocycles. The molecule has 1 aromatic heterocycles. The number of hydrogen-bond acceptors (Lipinski definition) is 8. The maximum atomic E-state index is 13.2. The van der Waals surface area contributed by atoms with Crippen LogP contribution in [-0.2, 0) is 0 Å². The Morgan fingerprint density at radius 2 is 1.71 bits per heavy atom. The number of furan rings is 1. The zero-order valence-electron chi connectivity index (χ0n) is 20.9. The average molecular weight is 517 g/mol. The SMILES string of the molecule is C=C/C(=C\C=C/C)CNc1c(Nc2cccc(C(=O)N3CCN(C(=O)c4ccco4)CC3)c2O)c(=O)c1=O. The molecule has 0 unspecified atom stereocenters. The molecule has 1 aliphatic heterocycles. The van der Waals surface area contributed by atoms with Crippen molar-refractivity contribution in [1.29, 1.82) is 0 Å². The Morgan fingerprint density at radius 1 is 1.03 bits per heavy atom. The normalized spacial score (nSPS) is 14.2. The summed E-state index contributed by atoms with van der Waals surface area (Å²) in [6.45, 7) is 7.07. The summed E-state index contributed by atoms with van der Waals surface area (Å²) in [6, 6.07) is 7.78. The number of benzene rings is 1. The van der Waals surface area contributed by atoms with Crippen LogP contribution in [0.5, 0.6) is 5.75 Å². The number of nitrogens with one attached hydrogen (secondary N) is 2. The number of nitrogens with zero attached hydrogens (tertiary/aromatic N) is 2. The number of carbonyl (C=O) groups excluding carboxylic acids is 2. The summed E-state index contributed by atoms with van der Waals surface area (Å²) in [5.41, 5.74) is -0.327. The summed E-state index contributed by atoms with van der Waals surface area (Å²) < 4.78 is 5.16. The van der Waals surface area contributed by atoms with Gasteiger partial charge in [-0.1, -0.05) is 36.9 Å². The lowest BCUT2D eigenvalue weighted by Crippen LogP contribution is -2.50. The van der Waals surface area contributed by atoms with Crippen LogP contribution in [0.15, 0.2) is 87.1 Å². The molecule has 2 aromatic carbocycles. The smallest absolute Gasteiger partial charge is 0.289 e. The summed E-state index contributed by atoms with van der Waals surface area (Å²) in [5.74, 6) is -0.760. The Balaban J connectivity index is 1.44. The lowest BCUT2D eigenvalue weighted by Gasteiger charge is -2.34. The van der Waals surface area contributed by atoms with E-state index in [0.29, 0.717) is 13.1 Å². The van der Waals surface area contributed by atoms with E-state index in [1.165, 1.54) is 18.4 Å². The van der Waals surface area contributed by atoms with Crippen molar-refractivity contribution in [3.8, 4) is 5.75 Å². The second kappa shape index (κ2) is 11.5.